The Morgan fingerprint density at radius 1 is 0.354 bits per heavy atom. The van der Waals surface area contributed by atoms with E-state index in [0.29, 0.717) is 77.0 Å². The van der Waals surface area contributed by atoms with Gasteiger partial charge in [-0.3, -0.25) is 28.8 Å². The fourth-order valence-electron chi connectivity index (χ4n) is 32.1. The van der Waals surface area contributed by atoms with Crippen molar-refractivity contribution in [1.29, 1.82) is 0 Å². The van der Waals surface area contributed by atoms with Crippen molar-refractivity contribution in [1.82, 2.24) is 0 Å². The number of ether oxygens (including phenoxy) is 8. The molecule has 4 aliphatic heterocycles. The lowest BCUT2D eigenvalue weighted by atomic mass is 9.44. The van der Waals surface area contributed by atoms with Crippen molar-refractivity contribution < 1.29 is 125 Å². The molecule has 0 unspecified atom stereocenters. The van der Waals surface area contributed by atoms with Gasteiger partial charge in [0.15, 0.2) is 91.6 Å². The van der Waals surface area contributed by atoms with E-state index in [1.807, 2.05) is 106 Å². The number of hydrogen-bond donors (Lipinski definition) is 8. The summed E-state index contributed by atoms with van der Waals surface area (Å²) < 4.78 is 118. The largest absolute Gasteiger partial charge is 0.390 e. The number of aliphatic hydroxyl groups excluding tert-OH is 8. The molecule has 0 aromatic rings. The number of fused-ring (bicyclic) bond motifs is 28. The van der Waals surface area contributed by atoms with Crippen molar-refractivity contribution in [2.24, 2.45) is 90.7 Å². The number of allylic oxidation sites excluding steroid dienone is 16. The van der Waals surface area contributed by atoms with Crippen LogP contribution >= 0.6 is 0 Å². The molecule has 22 nitrogen and oxygen atoms in total. The Balaban J connectivity index is 0.000000164. The standard InChI is InChI=1S/2C24H31FO6.2C24H33FO5.2C2H6.4CH4/c2*1-20(2)30-19-10-16-15-6-5-13-9-14(27)7-8-21(13,3)23(15,25)17(28)11-22(16,4)24(19,31-20)18(29)12-26;2*1-20(2)29-19-11-16-15-9-8-14-7-5-6-10-21(14,3)23(15,25)17(27)12-22(16,4)24(19,30-20)18(28)13-26;2*1-2;;;;/h2*7-9,15-17,19,26,28H,5-6,10-12H2,1-4H3;2*5-7,15-17,19,26-27H,8-13H2,1-4H3;2*1-2H3;4*1H4/t4*15-,16-,17-,19+,21-,22-,23-,24+;;;;;;/m0000....../s1. The number of hydrogen-bond acceptors (Lipinski definition) is 22. The molecule has 0 radical (unpaired) electrons. The zero-order valence-corrected chi connectivity index (χ0v) is 77.5. The summed E-state index contributed by atoms with van der Waals surface area (Å²) in [6, 6.07) is 0. The van der Waals surface area contributed by atoms with Gasteiger partial charge in [-0.1, -0.05) is 170 Å². The van der Waals surface area contributed by atoms with Gasteiger partial charge in [-0.2, -0.15) is 0 Å². The van der Waals surface area contributed by atoms with Crippen molar-refractivity contribution in [2.45, 2.75) is 401 Å². The van der Waals surface area contributed by atoms with Crippen LogP contribution in [0.4, 0.5) is 17.6 Å². The summed E-state index contributed by atoms with van der Waals surface area (Å²) in [7, 11) is 0. The van der Waals surface area contributed by atoms with Crippen molar-refractivity contribution in [3.8, 4) is 0 Å². The number of aliphatic hydroxyl groups is 8. The van der Waals surface area contributed by atoms with E-state index in [2.05, 4.69) is 0 Å². The topological polar surface area (TPSA) is 338 Å². The predicted octanol–water partition coefficient (Wildman–Crippen LogP) is 15.9. The van der Waals surface area contributed by atoms with E-state index >= 15 is 17.6 Å². The zero-order valence-electron chi connectivity index (χ0n) is 77.5. The van der Waals surface area contributed by atoms with Crippen LogP contribution in [0.5, 0.6) is 0 Å². The van der Waals surface area contributed by atoms with Gasteiger partial charge in [0.05, 0.1) is 48.8 Å². The first kappa shape index (κ1) is 105. The lowest BCUT2D eigenvalue weighted by Gasteiger charge is -2.63. The van der Waals surface area contributed by atoms with E-state index in [4.69, 9.17) is 37.9 Å². The van der Waals surface area contributed by atoms with Crippen molar-refractivity contribution in [3.63, 3.8) is 0 Å². The van der Waals surface area contributed by atoms with Crippen LogP contribution in [0.1, 0.15) is 284 Å². The lowest BCUT2D eigenvalue weighted by molar-refractivity contribution is -0.250. The Hall–Kier alpha value is -4.98. The van der Waals surface area contributed by atoms with Crippen LogP contribution in [0.25, 0.3) is 0 Å². The third-order valence-corrected chi connectivity index (χ3v) is 37.1. The average Bonchev–Trinajstić information content (AvgIpc) is 1.52. The maximum Gasteiger partial charge on any atom is 0.193 e. The van der Waals surface area contributed by atoms with Crippen molar-refractivity contribution >= 4 is 34.7 Å². The van der Waals surface area contributed by atoms with Crippen LogP contribution in [0, 0.1) is 90.7 Å². The number of alkyl halides is 4. The highest BCUT2D eigenvalue weighted by Crippen LogP contribution is 2.79. The van der Waals surface area contributed by atoms with Gasteiger partial charge in [-0.25, -0.2) is 17.6 Å². The normalized spacial score (nSPS) is 49.6. The predicted molar refractivity (Wildman–Crippen MR) is 483 cm³/mol. The molecule has 130 heavy (non-hydrogen) atoms. The average molecular weight is 1830 g/mol. The van der Waals surface area contributed by atoms with Gasteiger partial charge >= 0.3 is 0 Å². The highest BCUT2D eigenvalue weighted by atomic mass is 19.2. The minimum absolute atomic E-state index is 0. The summed E-state index contributed by atoms with van der Waals surface area (Å²) in [5, 5.41) is 84.8. The van der Waals surface area contributed by atoms with Gasteiger partial charge in [0.2, 0.25) is 0 Å². The van der Waals surface area contributed by atoms with Crippen LogP contribution in [-0.2, 0) is 66.7 Å². The van der Waals surface area contributed by atoms with Crippen molar-refractivity contribution in [3.05, 3.63) is 95.2 Å². The molecule has 0 bridgehead atoms. The summed E-state index contributed by atoms with van der Waals surface area (Å²) in [6.07, 6.45) is 21.6. The van der Waals surface area contributed by atoms with Crippen LogP contribution in [-0.4, -0.2) is 219 Å². The number of carbonyl (C=O) groups is 6. The van der Waals surface area contributed by atoms with E-state index in [0.717, 1.165) is 35.1 Å². The molecule has 732 valence electrons. The highest BCUT2D eigenvalue weighted by molar-refractivity contribution is 6.02. The number of rotatable bonds is 8. The summed E-state index contributed by atoms with van der Waals surface area (Å²) in [4.78, 5) is 76.5. The third kappa shape index (κ3) is 13.3. The summed E-state index contributed by atoms with van der Waals surface area (Å²) in [6.45, 7) is 34.3. The number of Topliss-reactive ketones (excluding diaryl/α,β-unsaturated/α-hetero) is 4. The first-order chi connectivity index (χ1) is 58.6. The van der Waals surface area contributed by atoms with E-state index in [9.17, 15) is 69.6 Å². The number of halogens is 4. The van der Waals surface area contributed by atoms with Crippen LogP contribution in [0.2, 0.25) is 0 Å². The molecular formula is C104H156F4O22. The molecule has 26 heteroatoms. The Kier molecular flexibility index (Phi) is 27.6. The number of carbonyl (C=O) groups excluding carboxylic acids is 6. The first-order valence-electron chi connectivity index (χ1n) is 46.8. The Morgan fingerprint density at radius 3 is 0.815 bits per heavy atom. The molecule has 20 aliphatic rings. The molecule has 0 amide bonds. The van der Waals surface area contributed by atoms with Crippen molar-refractivity contribution in [2.75, 3.05) is 26.4 Å². The van der Waals surface area contributed by atoms with Crippen LogP contribution in [0.3, 0.4) is 0 Å². The van der Waals surface area contributed by atoms with Crippen LogP contribution in [0.15, 0.2) is 95.2 Å². The maximum atomic E-state index is 17.1. The quantitative estimate of drug-likeness (QED) is 0.105. The summed E-state index contributed by atoms with van der Waals surface area (Å²) >= 11 is 0. The van der Waals surface area contributed by atoms with E-state index in [1.165, 1.54) is 24.3 Å². The van der Waals surface area contributed by atoms with Gasteiger partial charge in [-0.05, 0) is 233 Å². The Labute approximate surface area is 769 Å². The van der Waals surface area contributed by atoms with E-state index < -0.39 is 234 Å². The third-order valence-electron chi connectivity index (χ3n) is 37.1. The number of ketones is 6. The molecule has 12 saturated carbocycles. The van der Waals surface area contributed by atoms with Gasteiger partial charge in [0.25, 0.3) is 0 Å². The maximum absolute atomic E-state index is 17.1. The first-order valence-corrected chi connectivity index (χ1v) is 46.8. The van der Waals surface area contributed by atoms with Crippen LogP contribution < -0.4 is 0 Å². The van der Waals surface area contributed by atoms with E-state index in [1.54, 1.807) is 81.4 Å². The molecule has 16 fully saturated rings. The minimum Gasteiger partial charge on any atom is -0.390 e. The Morgan fingerprint density at radius 2 is 0.577 bits per heavy atom. The van der Waals surface area contributed by atoms with Gasteiger partial charge in [0, 0.05) is 67.0 Å². The molecular weight excluding hydrogens is 1680 g/mol. The molecule has 32 atom stereocenters. The second-order valence-corrected chi connectivity index (χ2v) is 43.8. The SMILES string of the molecule is C.C.C.C.CC.CC.CC1(C)O[C@@H]2C[C@H]3[C@@H]4CCC5=CC(=O)C=C[C@]5(C)[C@@]4(F)[C@@H](O)C[C@]3(C)[C@]2(C(=O)CO)O1.CC1(C)O[C@@H]2C[C@H]3[C@@H]4CCC5=CC(=O)C=C[C@]5(C)[C@@]4(F)[C@@H](O)C[C@]3(C)[C@]2(C(=O)CO)O1.CC1(C)O[C@@H]2C[C@H]3[C@@H]4CCC5=CC=CC[C@]5(C)[C@@]4(F)[C@@H](O)C[C@]3(C)[C@]2(C(=O)CO)O1.CC1(C)O[C@@H]2C[C@H]3[C@@H]4CCC5=CC=CC[C@]5(C)[C@@]4(F)[C@@H](O)C[C@]3(C)[C@]2(C(=O)CO)O1. The molecule has 16 aliphatic carbocycles. The van der Waals surface area contributed by atoms with E-state index in [-0.39, 0.29) is 90.6 Å². The van der Waals surface area contributed by atoms with Gasteiger partial charge in [-0.15, -0.1) is 0 Å². The highest BCUT2D eigenvalue weighted by Gasteiger charge is 2.86. The monoisotopic (exact) mass is 1830 g/mol. The molecule has 20 rings (SSSR count). The Bertz CT molecular complexity index is 4410. The second-order valence-electron chi connectivity index (χ2n) is 43.8. The molecule has 4 heterocycles. The fourth-order valence-corrected chi connectivity index (χ4v) is 32.1. The molecule has 0 aromatic carbocycles. The molecule has 0 spiro atoms. The summed E-state index contributed by atoms with van der Waals surface area (Å²) in [5.41, 5.74) is -16.6. The molecule has 0 aromatic heterocycles. The smallest absolute Gasteiger partial charge is 0.193 e. The molecule has 8 N–H and O–H groups in total. The van der Waals surface area contributed by atoms with Gasteiger partial charge < -0.3 is 78.7 Å². The molecule has 4 saturated heterocycles. The second kappa shape index (κ2) is 34.0. The lowest BCUT2D eigenvalue weighted by Crippen LogP contribution is -2.70. The van der Waals surface area contributed by atoms with Gasteiger partial charge in [0.1, 0.15) is 37.8 Å². The minimum atomic E-state index is -1.98. The fraction of sp³-hybridized carbons (Fsp3) is 0.788. The summed E-state index contributed by atoms with van der Waals surface area (Å²) in [5.74, 6) is -8.86. The zero-order chi connectivity index (χ0) is 92.7.